The standard InChI is InChI=1S/C18H25FN2/c1-5-21-12-6-7-16(21)13-20-17(18(2,3)4)14-8-10-15(19)11-9-14/h6-12,17,20H,5,13H2,1-4H3. The van der Waals surface area contributed by atoms with Gasteiger partial charge in [0.15, 0.2) is 0 Å². The summed E-state index contributed by atoms with van der Waals surface area (Å²) in [5.41, 5.74) is 2.45. The maximum Gasteiger partial charge on any atom is 0.123 e. The third kappa shape index (κ3) is 3.94. The first kappa shape index (κ1) is 15.8. The molecule has 0 fully saturated rings. The lowest BCUT2D eigenvalue weighted by molar-refractivity contribution is 0.269. The van der Waals surface area contributed by atoms with Crippen molar-refractivity contribution in [2.24, 2.45) is 5.41 Å². The molecule has 2 rings (SSSR count). The summed E-state index contributed by atoms with van der Waals surface area (Å²) in [6, 6.07) is 11.2. The predicted molar refractivity (Wildman–Crippen MR) is 85.5 cm³/mol. The van der Waals surface area contributed by atoms with Crippen LogP contribution in [0.4, 0.5) is 4.39 Å². The summed E-state index contributed by atoms with van der Waals surface area (Å²) in [6.07, 6.45) is 2.10. The van der Waals surface area contributed by atoms with Crippen molar-refractivity contribution in [3.63, 3.8) is 0 Å². The summed E-state index contributed by atoms with van der Waals surface area (Å²) in [6.45, 7) is 10.5. The fourth-order valence-electron chi connectivity index (χ4n) is 2.70. The number of hydrogen-bond donors (Lipinski definition) is 1. The number of halogens is 1. The molecule has 114 valence electrons. The molecular weight excluding hydrogens is 263 g/mol. The molecule has 1 atom stereocenters. The molecule has 2 nitrogen and oxygen atoms in total. The van der Waals surface area contributed by atoms with Crippen molar-refractivity contribution in [1.29, 1.82) is 0 Å². The minimum Gasteiger partial charge on any atom is -0.351 e. The Bertz CT molecular complexity index is 564. The average molecular weight is 288 g/mol. The smallest absolute Gasteiger partial charge is 0.123 e. The number of nitrogens with one attached hydrogen (secondary N) is 1. The molecule has 2 aromatic rings. The van der Waals surface area contributed by atoms with Crippen LogP contribution >= 0.6 is 0 Å². The van der Waals surface area contributed by atoms with Gasteiger partial charge in [0, 0.05) is 31.0 Å². The van der Waals surface area contributed by atoms with E-state index < -0.39 is 0 Å². The predicted octanol–water partition coefficient (Wildman–Crippen LogP) is 4.52. The first-order chi connectivity index (χ1) is 9.91. The van der Waals surface area contributed by atoms with Crippen LogP contribution in [0.3, 0.4) is 0 Å². The summed E-state index contributed by atoms with van der Waals surface area (Å²) >= 11 is 0. The van der Waals surface area contributed by atoms with Crippen molar-refractivity contribution in [1.82, 2.24) is 9.88 Å². The zero-order valence-electron chi connectivity index (χ0n) is 13.4. The molecule has 0 aliphatic carbocycles. The van der Waals surface area contributed by atoms with Crippen LogP contribution in [-0.2, 0) is 13.1 Å². The Balaban J connectivity index is 2.16. The van der Waals surface area contributed by atoms with Crippen LogP contribution in [0.15, 0.2) is 42.6 Å². The normalized spacial score (nSPS) is 13.4. The van der Waals surface area contributed by atoms with E-state index in [4.69, 9.17) is 0 Å². The Labute approximate surface area is 127 Å². The highest BCUT2D eigenvalue weighted by Crippen LogP contribution is 2.33. The quantitative estimate of drug-likeness (QED) is 0.855. The molecule has 0 aliphatic rings. The van der Waals surface area contributed by atoms with Gasteiger partial charge in [-0.1, -0.05) is 32.9 Å². The van der Waals surface area contributed by atoms with Gasteiger partial charge in [0.05, 0.1) is 0 Å². The first-order valence-corrected chi connectivity index (χ1v) is 7.54. The zero-order valence-corrected chi connectivity index (χ0v) is 13.4. The second-order valence-electron chi connectivity index (χ2n) is 6.52. The van der Waals surface area contributed by atoms with Gasteiger partial charge < -0.3 is 9.88 Å². The highest BCUT2D eigenvalue weighted by Gasteiger charge is 2.26. The maximum absolute atomic E-state index is 13.1. The number of aromatic nitrogens is 1. The molecule has 3 heteroatoms. The second-order valence-corrected chi connectivity index (χ2v) is 6.52. The van der Waals surface area contributed by atoms with Crippen LogP contribution in [0.5, 0.6) is 0 Å². The van der Waals surface area contributed by atoms with E-state index in [1.807, 2.05) is 12.1 Å². The van der Waals surface area contributed by atoms with Crippen LogP contribution in [0, 0.1) is 11.2 Å². The fourth-order valence-corrected chi connectivity index (χ4v) is 2.70. The number of aryl methyl sites for hydroxylation is 1. The van der Waals surface area contributed by atoms with Crippen molar-refractivity contribution in [3.8, 4) is 0 Å². The largest absolute Gasteiger partial charge is 0.351 e. The third-order valence-electron chi connectivity index (χ3n) is 3.82. The van der Waals surface area contributed by atoms with Crippen molar-refractivity contribution in [2.45, 2.75) is 46.8 Å². The Hall–Kier alpha value is -1.61. The summed E-state index contributed by atoms with van der Waals surface area (Å²) in [4.78, 5) is 0. The SMILES string of the molecule is CCn1cccc1CNC(c1ccc(F)cc1)C(C)(C)C. The molecule has 1 aromatic heterocycles. The fraction of sp³-hybridized carbons (Fsp3) is 0.444. The molecule has 0 saturated heterocycles. The number of rotatable bonds is 5. The highest BCUT2D eigenvalue weighted by atomic mass is 19.1. The Morgan fingerprint density at radius 3 is 2.38 bits per heavy atom. The molecule has 0 spiro atoms. The number of nitrogens with zero attached hydrogens (tertiary/aromatic N) is 1. The lowest BCUT2D eigenvalue weighted by Crippen LogP contribution is -2.32. The molecule has 0 amide bonds. The first-order valence-electron chi connectivity index (χ1n) is 7.54. The Morgan fingerprint density at radius 1 is 1.14 bits per heavy atom. The molecule has 21 heavy (non-hydrogen) atoms. The van der Waals surface area contributed by atoms with Gasteiger partial charge in [-0.15, -0.1) is 0 Å². The van der Waals surface area contributed by atoms with Crippen LogP contribution in [0.25, 0.3) is 0 Å². The topological polar surface area (TPSA) is 17.0 Å². The van der Waals surface area contributed by atoms with E-state index in [2.05, 4.69) is 55.9 Å². The highest BCUT2D eigenvalue weighted by molar-refractivity contribution is 5.22. The van der Waals surface area contributed by atoms with Gasteiger partial charge >= 0.3 is 0 Å². The molecule has 1 heterocycles. The van der Waals surface area contributed by atoms with E-state index in [0.29, 0.717) is 0 Å². The number of hydrogen-bond acceptors (Lipinski definition) is 1. The lowest BCUT2D eigenvalue weighted by Gasteiger charge is -2.32. The monoisotopic (exact) mass is 288 g/mol. The molecular formula is C18H25FN2. The van der Waals surface area contributed by atoms with E-state index in [0.717, 1.165) is 18.7 Å². The molecule has 0 bridgehead atoms. The van der Waals surface area contributed by atoms with Gasteiger partial charge in [-0.25, -0.2) is 4.39 Å². The van der Waals surface area contributed by atoms with E-state index in [9.17, 15) is 4.39 Å². The average Bonchev–Trinajstić information content (AvgIpc) is 2.87. The van der Waals surface area contributed by atoms with Gasteiger partial charge in [0.2, 0.25) is 0 Å². The minimum atomic E-state index is -0.189. The van der Waals surface area contributed by atoms with Gasteiger partial charge in [-0.05, 0) is 42.2 Å². The van der Waals surface area contributed by atoms with E-state index >= 15 is 0 Å². The van der Waals surface area contributed by atoms with Crippen molar-refractivity contribution >= 4 is 0 Å². The maximum atomic E-state index is 13.1. The summed E-state index contributed by atoms with van der Waals surface area (Å²) in [7, 11) is 0. The summed E-state index contributed by atoms with van der Waals surface area (Å²) in [5, 5.41) is 3.63. The lowest BCUT2D eigenvalue weighted by atomic mass is 9.82. The van der Waals surface area contributed by atoms with Gasteiger partial charge in [0.1, 0.15) is 5.82 Å². The van der Waals surface area contributed by atoms with Crippen LogP contribution in [-0.4, -0.2) is 4.57 Å². The van der Waals surface area contributed by atoms with Crippen LogP contribution in [0.2, 0.25) is 0 Å². The van der Waals surface area contributed by atoms with E-state index in [-0.39, 0.29) is 17.3 Å². The van der Waals surface area contributed by atoms with E-state index in [1.54, 1.807) is 0 Å². The van der Waals surface area contributed by atoms with Crippen molar-refractivity contribution < 1.29 is 4.39 Å². The van der Waals surface area contributed by atoms with Crippen LogP contribution in [0.1, 0.15) is 45.0 Å². The second kappa shape index (κ2) is 6.44. The third-order valence-corrected chi connectivity index (χ3v) is 3.82. The Kier molecular flexibility index (Phi) is 4.84. The van der Waals surface area contributed by atoms with Crippen LogP contribution < -0.4 is 5.32 Å². The van der Waals surface area contributed by atoms with Gasteiger partial charge in [-0.3, -0.25) is 0 Å². The summed E-state index contributed by atoms with van der Waals surface area (Å²) in [5.74, 6) is -0.189. The molecule has 1 aromatic carbocycles. The summed E-state index contributed by atoms with van der Waals surface area (Å²) < 4.78 is 15.4. The Morgan fingerprint density at radius 2 is 1.81 bits per heavy atom. The molecule has 0 saturated carbocycles. The number of benzene rings is 1. The minimum absolute atomic E-state index is 0.0570. The molecule has 0 radical (unpaired) electrons. The van der Waals surface area contributed by atoms with Gasteiger partial charge in [-0.2, -0.15) is 0 Å². The zero-order chi connectivity index (χ0) is 15.5. The molecule has 0 aliphatic heterocycles. The van der Waals surface area contributed by atoms with Crippen molar-refractivity contribution in [3.05, 3.63) is 59.7 Å². The molecule has 1 unspecified atom stereocenters. The van der Waals surface area contributed by atoms with Crippen molar-refractivity contribution in [2.75, 3.05) is 0 Å². The van der Waals surface area contributed by atoms with E-state index in [1.165, 1.54) is 17.8 Å². The van der Waals surface area contributed by atoms with Gasteiger partial charge in [0.25, 0.3) is 0 Å². The molecule has 1 N–H and O–H groups in total.